The smallest absolute Gasteiger partial charge is 0.243 e. The van der Waals surface area contributed by atoms with Crippen molar-refractivity contribution in [1.82, 2.24) is 4.98 Å². The van der Waals surface area contributed by atoms with Crippen LogP contribution in [0.4, 0.5) is 13.2 Å². The van der Waals surface area contributed by atoms with Crippen molar-refractivity contribution in [2.45, 2.75) is 20.0 Å². The van der Waals surface area contributed by atoms with Crippen molar-refractivity contribution in [1.29, 1.82) is 0 Å². The Morgan fingerprint density at radius 1 is 1.18 bits per heavy atom. The standard InChI is InChI=1S/C12H9BrF3N/c1-6-5-9-8(11(13)7(6)2)3-4-10(17-9)12(14,15)16/h3-5H,1-2H3. The molecular formula is C12H9BrF3N. The molecule has 0 aliphatic carbocycles. The van der Waals surface area contributed by atoms with Crippen molar-refractivity contribution in [3.8, 4) is 0 Å². The molecule has 0 spiro atoms. The molecule has 0 N–H and O–H groups in total. The summed E-state index contributed by atoms with van der Waals surface area (Å²) < 4.78 is 38.4. The van der Waals surface area contributed by atoms with E-state index in [0.29, 0.717) is 10.9 Å². The molecule has 0 fully saturated rings. The average molecular weight is 304 g/mol. The van der Waals surface area contributed by atoms with Crippen LogP contribution in [0.15, 0.2) is 22.7 Å². The first-order valence-corrected chi connectivity index (χ1v) is 5.73. The van der Waals surface area contributed by atoms with Gasteiger partial charge in [0.2, 0.25) is 0 Å². The summed E-state index contributed by atoms with van der Waals surface area (Å²) in [4.78, 5) is 3.65. The number of aryl methyl sites for hydroxylation is 1. The van der Waals surface area contributed by atoms with Crippen LogP contribution in [0.5, 0.6) is 0 Å². The van der Waals surface area contributed by atoms with Crippen molar-refractivity contribution >= 4 is 26.8 Å². The molecule has 2 aromatic rings. The summed E-state index contributed by atoms with van der Waals surface area (Å²) in [5.41, 5.74) is 1.42. The molecule has 2 rings (SSSR count). The quantitative estimate of drug-likeness (QED) is 0.691. The molecule has 0 unspecified atom stereocenters. The highest BCUT2D eigenvalue weighted by atomic mass is 79.9. The molecule has 1 aromatic heterocycles. The van der Waals surface area contributed by atoms with Crippen LogP contribution in [0.25, 0.3) is 10.9 Å². The van der Waals surface area contributed by atoms with Crippen molar-refractivity contribution in [3.63, 3.8) is 0 Å². The summed E-state index contributed by atoms with van der Waals surface area (Å²) in [6, 6.07) is 4.12. The van der Waals surface area contributed by atoms with Crippen LogP contribution in [0.1, 0.15) is 16.8 Å². The first-order valence-electron chi connectivity index (χ1n) is 4.94. The molecule has 0 amide bonds. The third kappa shape index (κ3) is 2.16. The molecule has 1 aromatic carbocycles. The lowest BCUT2D eigenvalue weighted by Crippen LogP contribution is -2.07. The second-order valence-electron chi connectivity index (χ2n) is 3.89. The van der Waals surface area contributed by atoms with Crippen LogP contribution in [-0.4, -0.2) is 4.98 Å². The molecule has 1 nitrogen and oxygen atoms in total. The lowest BCUT2D eigenvalue weighted by atomic mass is 10.1. The minimum atomic E-state index is -4.40. The summed E-state index contributed by atoms with van der Waals surface area (Å²) in [7, 11) is 0. The number of pyridine rings is 1. The molecule has 0 saturated heterocycles. The maximum atomic E-state index is 12.5. The Kier molecular flexibility index (Phi) is 2.89. The van der Waals surface area contributed by atoms with Crippen LogP contribution in [0.3, 0.4) is 0 Å². The summed E-state index contributed by atoms with van der Waals surface area (Å²) in [5, 5.41) is 0.695. The third-order valence-electron chi connectivity index (χ3n) is 2.73. The SMILES string of the molecule is Cc1cc2nc(C(F)(F)F)ccc2c(Br)c1C. The molecule has 1 heterocycles. The minimum absolute atomic E-state index is 0.356. The predicted octanol–water partition coefficient (Wildman–Crippen LogP) is 4.63. The third-order valence-corrected chi connectivity index (χ3v) is 3.75. The van der Waals surface area contributed by atoms with Gasteiger partial charge in [0, 0.05) is 9.86 Å². The van der Waals surface area contributed by atoms with Gasteiger partial charge in [-0.25, -0.2) is 4.98 Å². The van der Waals surface area contributed by atoms with Gasteiger partial charge in [-0.2, -0.15) is 13.2 Å². The van der Waals surface area contributed by atoms with Gasteiger partial charge in [-0.3, -0.25) is 0 Å². The molecule has 5 heteroatoms. The fourth-order valence-corrected chi connectivity index (χ4v) is 2.26. The van der Waals surface area contributed by atoms with Gasteiger partial charge in [0.15, 0.2) is 0 Å². The monoisotopic (exact) mass is 303 g/mol. The maximum absolute atomic E-state index is 12.5. The molecular weight excluding hydrogens is 295 g/mol. The van der Waals surface area contributed by atoms with Crippen molar-refractivity contribution in [2.75, 3.05) is 0 Å². The topological polar surface area (TPSA) is 12.9 Å². The second kappa shape index (κ2) is 3.98. The largest absolute Gasteiger partial charge is 0.433 e. The van der Waals surface area contributed by atoms with Crippen molar-refractivity contribution < 1.29 is 13.2 Å². The fourth-order valence-electron chi connectivity index (χ4n) is 1.62. The number of alkyl halides is 3. The van der Waals surface area contributed by atoms with Crippen LogP contribution < -0.4 is 0 Å². The molecule has 0 aliphatic heterocycles. The Labute approximate surface area is 105 Å². The summed E-state index contributed by atoms with van der Waals surface area (Å²) in [6.07, 6.45) is -4.40. The van der Waals surface area contributed by atoms with Crippen molar-refractivity contribution in [2.24, 2.45) is 0 Å². The van der Waals surface area contributed by atoms with Gasteiger partial charge in [-0.15, -0.1) is 0 Å². The van der Waals surface area contributed by atoms with E-state index in [1.807, 2.05) is 13.8 Å². The Morgan fingerprint density at radius 2 is 1.82 bits per heavy atom. The van der Waals surface area contributed by atoms with E-state index in [0.717, 1.165) is 21.7 Å². The zero-order chi connectivity index (χ0) is 12.8. The zero-order valence-electron chi connectivity index (χ0n) is 9.19. The highest BCUT2D eigenvalue weighted by Gasteiger charge is 2.32. The number of rotatable bonds is 0. The fraction of sp³-hybridized carbons (Fsp3) is 0.250. The lowest BCUT2D eigenvalue weighted by Gasteiger charge is -2.10. The second-order valence-corrected chi connectivity index (χ2v) is 4.69. The van der Waals surface area contributed by atoms with Crippen molar-refractivity contribution in [3.05, 3.63) is 39.5 Å². The van der Waals surface area contributed by atoms with E-state index in [1.54, 1.807) is 6.07 Å². The van der Waals surface area contributed by atoms with E-state index < -0.39 is 11.9 Å². The van der Waals surface area contributed by atoms with Crippen LogP contribution in [-0.2, 0) is 6.18 Å². The lowest BCUT2D eigenvalue weighted by molar-refractivity contribution is -0.140. The first-order chi connectivity index (χ1) is 7.80. The predicted molar refractivity (Wildman–Crippen MR) is 63.9 cm³/mol. The summed E-state index contributed by atoms with van der Waals surface area (Å²) in [6.45, 7) is 3.76. The normalized spacial score (nSPS) is 12.1. The minimum Gasteiger partial charge on any atom is -0.243 e. The van der Waals surface area contributed by atoms with Gasteiger partial charge in [-0.1, -0.05) is 0 Å². The Bertz CT molecular complexity index is 590. The highest BCUT2D eigenvalue weighted by molar-refractivity contribution is 9.10. The van der Waals surface area contributed by atoms with E-state index in [9.17, 15) is 13.2 Å². The number of hydrogen-bond acceptors (Lipinski definition) is 1. The zero-order valence-corrected chi connectivity index (χ0v) is 10.8. The highest BCUT2D eigenvalue weighted by Crippen LogP contribution is 2.33. The molecule has 0 bridgehead atoms. The number of hydrogen-bond donors (Lipinski definition) is 0. The number of benzene rings is 1. The number of nitrogens with zero attached hydrogens (tertiary/aromatic N) is 1. The van der Waals surface area contributed by atoms with Gasteiger partial charge in [-0.05, 0) is 59.1 Å². The van der Waals surface area contributed by atoms with E-state index >= 15 is 0 Å². The van der Waals surface area contributed by atoms with E-state index in [-0.39, 0.29) is 0 Å². The summed E-state index contributed by atoms with van der Waals surface area (Å²) >= 11 is 3.39. The Morgan fingerprint density at radius 3 is 2.41 bits per heavy atom. The average Bonchev–Trinajstić information content (AvgIpc) is 2.24. The molecule has 0 aliphatic rings. The van der Waals surface area contributed by atoms with E-state index in [1.165, 1.54) is 6.07 Å². The van der Waals surface area contributed by atoms with E-state index in [2.05, 4.69) is 20.9 Å². The van der Waals surface area contributed by atoms with Gasteiger partial charge in [0.05, 0.1) is 5.52 Å². The van der Waals surface area contributed by atoms with E-state index in [4.69, 9.17) is 0 Å². The van der Waals surface area contributed by atoms with Gasteiger partial charge >= 0.3 is 6.18 Å². The number of fused-ring (bicyclic) bond motifs is 1. The molecule has 0 atom stereocenters. The van der Waals surface area contributed by atoms with Gasteiger partial charge in [0.1, 0.15) is 5.69 Å². The Balaban J connectivity index is 2.76. The number of aromatic nitrogens is 1. The van der Waals surface area contributed by atoms with Crippen LogP contribution in [0, 0.1) is 13.8 Å². The van der Waals surface area contributed by atoms with Gasteiger partial charge < -0.3 is 0 Å². The number of halogens is 4. The summed E-state index contributed by atoms with van der Waals surface area (Å²) in [5.74, 6) is 0. The van der Waals surface area contributed by atoms with Gasteiger partial charge in [0.25, 0.3) is 0 Å². The van der Waals surface area contributed by atoms with Crippen LogP contribution >= 0.6 is 15.9 Å². The Hall–Kier alpha value is -1.10. The first kappa shape index (κ1) is 12.4. The molecule has 90 valence electrons. The molecule has 0 radical (unpaired) electrons. The molecule has 0 saturated carbocycles. The molecule has 17 heavy (non-hydrogen) atoms. The van der Waals surface area contributed by atoms with Crippen LogP contribution in [0.2, 0.25) is 0 Å². The maximum Gasteiger partial charge on any atom is 0.433 e.